The molecular formula is C38H40O6. The van der Waals surface area contributed by atoms with Crippen LogP contribution in [0.4, 0.5) is 4.79 Å². The van der Waals surface area contributed by atoms with Crippen molar-refractivity contribution in [1.29, 1.82) is 0 Å². The average molecular weight is 593 g/mol. The van der Waals surface area contributed by atoms with Crippen molar-refractivity contribution in [3.63, 3.8) is 0 Å². The van der Waals surface area contributed by atoms with Gasteiger partial charge < -0.3 is 18.9 Å². The quantitative estimate of drug-likeness (QED) is 0.121. The Morgan fingerprint density at radius 3 is 1.43 bits per heavy atom. The van der Waals surface area contributed by atoms with Crippen molar-refractivity contribution in [3.05, 3.63) is 106 Å². The van der Waals surface area contributed by atoms with Crippen LogP contribution in [0.5, 0.6) is 23.0 Å². The molecule has 1 aliphatic carbocycles. The van der Waals surface area contributed by atoms with E-state index in [1.807, 2.05) is 64.1 Å². The molecular weight excluding hydrogens is 552 g/mol. The van der Waals surface area contributed by atoms with Crippen LogP contribution in [-0.4, -0.2) is 19.2 Å². The molecule has 4 aromatic carbocycles. The number of hydrogen-bond acceptors (Lipinski definition) is 6. The van der Waals surface area contributed by atoms with Gasteiger partial charge in [-0.1, -0.05) is 55.7 Å². The molecule has 0 radical (unpaired) electrons. The van der Waals surface area contributed by atoms with Gasteiger partial charge in [0, 0.05) is 12.3 Å². The summed E-state index contributed by atoms with van der Waals surface area (Å²) in [4.78, 5) is 24.4. The number of carbonyl (C=O) groups excluding carboxylic acids is 2. The summed E-state index contributed by atoms with van der Waals surface area (Å²) in [5, 5.41) is 0. The third kappa shape index (κ3) is 6.49. The molecule has 4 aromatic rings. The number of esters is 1. The molecule has 228 valence electrons. The van der Waals surface area contributed by atoms with Crippen molar-refractivity contribution in [2.75, 3.05) is 7.11 Å². The second-order valence-electron chi connectivity index (χ2n) is 11.8. The Hall–Kier alpha value is -4.58. The maximum absolute atomic E-state index is 12.9. The van der Waals surface area contributed by atoms with E-state index in [1.54, 1.807) is 13.2 Å². The lowest BCUT2D eigenvalue weighted by molar-refractivity contribution is -0.131. The fourth-order valence-electron chi connectivity index (χ4n) is 6.38. The third-order valence-corrected chi connectivity index (χ3v) is 8.71. The van der Waals surface area contributed by atoms with E-state index in [-0.39, 0.29) is 11.4 Å². The Balaban J connectivity index is 1.33. The Kier molecular flexibility index (Phi) is 9.09. The van der Waals surface area contributed by atoms with E-state index >= 15 is 0 Å². The van der Waals surface area contributed by atoms with E-state index in [0.717, 1.165) is 64.8 Å². The maximum atomic E-state index is 12.9. The van der Waals surface area contributed by atoms with Crippen molar-refractivity contribution in [2.45, 2.75) is 72.1 Å². The summed E-state index contributed by atoms with van der Waals surface area (Å²) in [7, 11) is 1.66. The van der Waals surface area contributed by atoms with Gasteiger partial charge in [0.1, 0.15) is 23.0 Å². The van der Waals surface area contributed by atoms with Crippen LogP contribution in [0.3, 0.4) is 0 Å². The summed E-state index contributed by atoms with van der Waals surface area (Å²) in [6, 6.07) is 23.9. The first-order valence-corrected chi connectivity index (χ1v) is 15.2. The molecule has 0 saturated heterocycles. The van der Waals surface area contributed by atoms with Crippen molar-refractivity contribution < 1.29 is 28.5 Å². The lowest BCUT2D eigenvalue weighted by atomic mass is 9.65. The fraction of sp³-hybridized carbons (Fsp3) is 0.316. The Morgan fingerprint density at radius 1 is 0.568 bits per heavy atom. The summed E-state index contributed by atoms with van der Waals surface area (Å²) >= 11 is 0. The van der Waals surface area contributed by atoms with E-state index in [1.165, 1.54) is 24.5 Å². The number of carbonyl (C=O) groups is 2. The Bertz CT molecular complexity index is 1700. The van der Waals surface area contributed by atoms with Crippen LogP contribution in [0.2, 0.25) is 0 Å². The van der Waals surface area contributed by atoms with Crippen LogP contribution in [0, 0.1) is 27.7 Å². The van der Waals surface area contributed by atoms with Crippen LogP contribution >= 0.6 is 0 Å². The number of rotatable bonds is 7. The van der Waals surface area contributed by atoms with Gasteiger partial charge in [0.2, 0.25) is 0 Å². The van der Waals surface area contributed by atoms with Crippen molar-refractivity contribution >= 4 is 12.1 Å². The van der Waals surface area contributed by atoms with Crippen molar-refractivity contribution in [1.82, 2.24) is 0 Å². The molecule has 0 amide bonds. The van der Waals surface area contributed by atoms with Gasteiger partial charge in [0.25, 0.3) is 0 Å². The van der Waals surface area contributed by atoms with Crippen molar-refractivity contribution in [3.8, 4) is 34.1 Å². The van der Waals surface area contributed by atoms with E-state index in [0.29, 0.717) is 17.2 Å². The van der Waals surface area contributed by atoms with Crippen LogP contribution in [0.25, 0.3) is 11.1 Å². The van der Waals surface area contributed by atoms with Gasteiger partial charge in [-0.15, -0.1) is 0 Å². The molecule has 5 rings (SSSR count). The largest absolute Gasteiger partial charge is 0.519 e. The molecule has 44 heavy (non-hydrogen) atoms. The monoisotopic (exact) mass is 592 g/mol. The fourth-order valence-corrected chi connectivity index (χ4v) is 6.38. The van der Waals surface area contributed by atoms with Gasteiger partial charge in [0.15, 0.2) is 0 Å². The average Bonchev–Trinajstić information content (AvgIpc) is 3.00. The summed E-state index contributed by atoms with van der Waals surface area (Å²) in [6.45, 7) is 9.26. The van der Waals surface area contributed by atoms with Gasteiger partial charge in [-0.05, 0) is 121 Å². The zero-order valence-corrected chi connectivity index (χ0v) is 26.4. The van der Waals surface area contributed by atoms with E-state index in [4.69, 9.17) is 18.9 Å². The predicted octanol–water partition coefficient (Wildman–Crippen LogP) is 9.35. The number of benzene rings is 4. The summed E-state index contributed by atoms with van der Waals surface area (Å²) in [6.07, 6.45) is 4.73. The first-order valence-electron chi connectivity index (χ1n) is 15.2. The molecule has 6 heteroatoms. The molecule has 1 saturated carbocycles. The third-order valence-electron chi connectivity index (χ3n) is 8.71. The molecule has 6 nitrogen and oxygen atoms in total. The second-order valence-corrected chi connectivity index (χ2v) is 11.8. The standard InChI is InChI=1S/C38H40O6/c1-24-20-29(10-14-33(24)41-6)30-11-15-35(25(2)21-30)43-37(40)44-36-17-13-32(23-27(36)4)38(18-8-7-9-19-38)31-12-16-34(26(3)22-31)42-28(5)39/h10-17,20-23H,7-9,18-19H2,1-6H3. The van der Waals surface area contributed by atoms with Crippen LogP contribution in [-0.2, 0) is 10.2 Å². The van der Waals surface area contributed by atoms with Gasteiger partial charge in [-0.3, -0.25) is 4.79 Å². The predicted molar refractivity (Wildman–Crippen MR) is 172 cm³/mol. The van der Waals surface area contributed by atoms with Gasteiger partial charge >= 0.3 is 12.1 Å². The molecule has 0 N–H and O–H groups in total. The normalized spacial score (nSPS) is 14.0. The van der Waals surface area contributed by atoms with Crippen molar-refractivity contribution in [2.24, 2.45) is 0 Å². The molecule has 0 aliphatic heterocycles. The summed E-state index contributed by atoms with van der Waals surface area (Å²) < 4.78 is 22.1. The molecule has 0 aromatic heterocycles. The van der Waals surface area contributed by atoms with Gasteiger partial charge in [-0.2, -0.15) is 0 Å². The molecule has 0 spiro atoms. The molecule has 0 heterocycles. The lowest BCUT2D eigenvalue weighted by Crippen LogP contribution is -2.30. The number of ether oxygens (including phenoxy) is 4. The number of methoxy groups -OCH3 is 1. The van der Waals surface area contributed by atoms with Gasteiger partial charge in [-0.25, -0.2) is 4.79 Å². The highest BCUT2D eigenvalue weighted by atomic mass is 16.7. The highest BCUT2D eigenvalue weighted by Gasteiger charge is 2.36. The minimum Gasteiger partial charge on any atom is -0.496 e. The van der Waals surface area contributed by atoms with E-state index < -0.39 is 6.16 Å². The molecule has 0 atom stereocenters. The highest BCUT2D eigenvalue weighted by molar-refractivity contribution is 5.72. The zero-order chi connectivity index (χ0) is 31.4. The van der Waals surface area contributed by atoms with Gasteiger partial charge in [0.05, 0.1) is 7.11 Å². The van der Waals surface area contributed by atoms with E-state index in [2.05, 4.69) is 30.3 Å². The Morgan fingerprint density at radius 2 is 1.00 bits per heavy atom. The minimum absolute atomic E-state index is 0.164. The number of aryl methyl sites for hydroxylation is 4. The summed E-state index contributed by atoms with van der Waals surface area (Å²) in [5.74, 6) is 2.02. The molecule has 0 unspecified atom stereocenters. The maximum Gasteiger partial charge on any atom is 0.519 e. The van der Waals surface area contributed by atoms with E-state index in [9.17, 15) is 9.59 Å². The molecule has 1 aliphatic rings. The lowest BCUT2D eigenvalue weighted by Gasteiger charge is -2.39. The first kappa shape index (κ1) is 30.9. The minimum atomic E-state index is -0.777. The topological polar surface area (TPSA) is 71.1 Å². The zero-order valence-electron chi connectivity index (χ0n) is 26.4. The molecule has 1 fully saturated rings. The molecule has 0 bridgehead atoms. The Labute approximate surface area is 259 Å². The van der Waals surface area contributed by atoms with Crippen LogP contribution in [0.15, 0.2) is 72.8 Å². The smallest absolute Gasteiger partial charge is 0.496 e. The SMILES string of the molecule is COc1ccc(-c2ccc(OC(=O)Oc3ccc(C4(c5ccc(OC(C)=O)c(C)c5)CCCCC4)cc3C)c(C)c2)cc1C. The second kappa shape index (κ2) is 13.0. The van der Waals surface area contributed by atoms with Crippen LogP contribution in [0.1, 0.15) is 72.4 Å². The van der Waals surface area contributed by atoms with Crippen LogP contribution < -0.4 is 18.9 Å². The highest BCUT2D eigenvalue weighted by Crippen LogP contribution is 2.46. The number of hydrogen-bond donors (Lipinski definition) is 0. The summed E-state index contributed by atoms with van der Waals surface area (Å²) in [5.41, 5.74) is 7.99. The first-order chi connectivity index (χ1) is 21.1.